The van der Waals surface area contributed by atoms with Crippen molar-refractivity contribution < 1.29 is 14.8 Å². The van der Waals surface area contributed by atoms with Gasteiger partial charge in [-0.3, -0.25) is 10.1 Å². The fourth-order valence-electron chi connectivity index (χ4n) is 0.965. The van der Waals surface area contributed by atoms with Crippen molar-refractivity contribution in [2.75, 3.05) is 19.4 Å². The minimum absolute atomic E-state index is 0.00731. The molecule has 0 saturated heterocycles. The van der Waals surface area contributed by atoms with Crippen LogP contribution in [0.1, 0.15) is 0 Å². The fourth-order valence-corrected chi connectivity index (χ4v) is 0.965. The Labute approximate surface area is 91.4 Å². The lowest BCUT2D eigenvalue weighted by atomic mass is 10.2. The lowest BCUT2D eigenvalue weighted by molar-refractivity contribution is -0.384. The molecule has 0 saturated carbocycles. The summed E-state index contributed by atoms with van der Waals surface area (Å²) in [5, 5.41) is 22.2. The summed E-state index contributed by atoms with van der Waals surface area (Å²) in [7, 11) is 3.04. The van der Waals surface area contributed by atoms with Gasteiger partial charge < -0.3 is 15.3 Å². The van der Waals surface area contributed by atoms with E-state index in [0.717, 1.165) is 18.2 Å². The molecule has 2 amide bonds. The topological polar surface area (TPSA) is 95.7 Å². The van der Waals surface area contributed by atoms with Crippen LogP contribution < -0.4 is 5.32 Å². The van der Waals surface area contributed by atoms with Gasteiger partial charge in [-0.25, -0.2) is 4.79 Å². The Morgan fingerprint density at radius 3 is 2.62 bits per heavy atom. The summed E-state index contributed by atoms with van der Waals surface area (Å²) in [6, 6.07) is 2.93. The molecular formula is C9H11N3O4. The highest BCUT2D eigenvalue weighted by Crippen LogP contribution is 2.27. The number of benzene rings is 1. The van der Waals surface area contributed by atoms with Crippen molar-refractivity contribution in [1.82, 2.24) is 4.90 Å². The average Bonchev–Trinajstić information content (AvgIpc) is 2.20. The third kappa shape index (κ3) is 2.59. The number of nitrogens with one attached hydrogen (secondary N) is 1. The second kappa shape index (κ2) is 4.47. The first kappa shape index (κ1) is 11.8. The molecule has 2 N–H and O–H groups in total. The summed E-state index contributed by atoms with van der Waals surface area (Å²) in [4.78, 5) is 22.4. The van der Waals surface area contributed by atoms with Crippen LogP contribution in [0.25, 0.3) is 0 Å². The maximum atomic E-state index is 11.3. The highest BCUT2D eigenvalue weighted by atomic mass is 16.6. The molecule has 1 aromatic carbocycles. The van der Waals surface area contributed by atoms with Crippen molar-refractivity contribution in [3.8, 4) is 5.75 Å². The van der Waals surface area contributed by atoms with Gasteiger partial charge >= 0.3 is 6.03 Å². The molecule has 86 valence electrons. The number of phenolic OH excluding ortho intramolecular Hbond substituents is 1. The lowest BCUT2D eigenvalue weighted by Crippen LogP contribution is -2.27. The number of non-ortho nitro benzene ring substituents is 1. The normalized spacial score (nSPS) is 9.62. The van der Waals surface area contributed by atoms with Gasteiger partial charge in [0.1, 0.15) is 5.75 Å². The number of rotatable bonds is 2. The summed E-state index contributed by atoms with van der Waals surface area (Å²) in [6.07, 6.45) is 0. The van der Waals surface area contributed by atoms with Crippen LogP contribution in [-0.4, -0.2) is 35.1 Å². The molecule has 0 aliphatic rings. The first-order valence-electron chi connectivity index (χ1n) is 4.37. The van der Waals surface area contributed by atoms with Gasteiger partial charge in [-0.15, -0.1) is 0 Å². The van der Waals surface area contributed by atoms with Crippen LogP contribution in [-0.2, 0) is 0 Å². The molecule has 0 heterocycles. The van der Waals surface area contributed by atoms with Gasteiger partial charge in [-0.1, -0.05) is 0 Å². The van der Waals surface area contributed by atoms with Gasteiger partial charge in [0.25, 0.3) is 5.69 Å². The molecule has 7 heteroatoms. The van der Waals surface area contributed by atoms with Crippen LogP contribution in [0.2, 0.25) is 0 Å². The molecule has 0 radical (unpaired) electrons. The van der Waals surface area contributed by atoms with E-state index in [2.05, 4.69) is 5.32 Å². The quantitative estimate of drug-likeness (QED) is 0.451. The third-order valence-electron chi connectivity index (χ3n) is 1.84. The van der Waals surface area contributed by atoms with E-state index in [4.69, 9.17) is 0 Å². The van der Waals surface area contributed by atoms with E-state index in [0.29, 0.717) is 0 Å². The van der Waals surface area contributed by atoms with E-state index >= 15 is 0 Å². The van der Waals surface area contributed by atoms with Crippen LogP contribution >= 0.6 is 0 Å². The third-order valence-corrected chi connectivity index (χ3v) is 1.84. The van der Waals surface area contributed by atoms with Crippen LogP contribution in [0.15, 0.2) is 18.2 Å². The Kier molecular flexibility index (Phi) is 3.29. The molecule has 1 rings (SSSR count). The second-order valence-corrected chi connectivity index (χ2v) is 3.28. The molecule has 0 unspecified atom stereocenters. The van der Waals surface area contributed by atoms with E-state index in [1.54, 1.807) is 0 Å². The van der Waals surface area contributed by atoms with Crippen molar-refractivity contribution in [2.24, 2.45) is 0 Å². The van der Waals surface area contributed by atoms with Crippen LogP contribution in [0.3, 0.4) is 0 Å². The number of anilines is 1. The Bertz CT molecular complexity index is 431. The SMILES string of the molecule is CN(C)C(=O)Nc1cc([N+](=O)[O-])ccc1O. The van der Waals surface area contributed by atoms with Crippen molar-refractivity contribution in [1.29, 1.82) is 0 Å². The number of nitro benzene ring substituents is 1. The molecule has 0 aromatic heterocycles. The molecule has 0 aliphatic carbocycles. The van der Waals surface area contributed by atoms with Gasteiger partial charge in [0, 0.05) is 26.2 Å². The Balaban J connectivity index is 2.99. The van der Waals surface area contributed by atoms with Gasteiger partial charge in [-0.2, -0.15) is 0 Å². The largest absolute Gasteiger partial charge is 0.506 e. The van der Waals surface area contributed by atoms with Crippen molar-refractivity contribution >= 4 is 17.4 Å². The molecule has 0 spiro atoms. The van der Waals surface area contributed by atoms with E-state index in [1.807, 2.05) is 0 Å². The standard InChI is InChI=1S/C9H11N3O4/c1-11(2)9(14)10-7-5-6(12(15)16)3-4-8(7)13/h3-5,13H,1-2H3,(H,10,14). The maximum absolute atomic E-state index is 11.3. The first-order chi connectivity index (χ1) is 7.41. The monoisotopic (exact) mass is 225 g/mol. The van der Waals surface area contributed by atoms with Gasteiger partial charge in [0.15, 0.2) is 0 Å². The van der Waals surface area contributed by atoms with E-state index in [9.17, 15) is 20.0 Å². The lowest BCUT2D eigenvalue weighted by Gasteiger charge is -2.12. The highest BCUT2D eigenvalue weighted by molar-refractivity contribution is 5.91. The zero-order chi connectivity index (χ0) is 12.3. The number of phenols is 1. The van der Waals surface area contributed by atoms with Crippen LogP contribution in [0.4, 0.5) is 16.2 Å². The molecule has 0 bridgehead atoms. The number of hydrogen-bond acceptors (Lipinski definition) is 4. The number of carbonyl (C=O) groups excluding carboxylic acids is 1. The Morgan fingerprint density at radius 1 is 1.50 bits per heavy atom. The molecule has 7 nitrogen and oxygen atoms in total. The molecular weight excluding hydrogens is 214 g/mol. The Morgan fingerprint density at radius 2 is 2.12 bits per heavy atom. The predicted octanol–water partition coefficient (Wildman–Crippen LogP) is 1.39. The molecule has 1 aromatic rings. The number of amides is 2. The van der Waals surface area contributed by atoms with Crippen LogP contribution in [0.5, 0.6) is 5.75 Å². The number of hydrogen-bond donors (Lipinski definition) is 2. The van der Waals surface area contributed by atoms with Crippen LogP contribution in [0, 0.1) is 10.1 Å². The van der Waals surface area contributed by atoms with Gasteiger partial charge in [-0.05, 0) is 6.07 Å². The minimum atomic E-state index is -0.606. The summed E-state index contributed by atoms with van der Waals surface area (Å²) in [5.41, 5.74) is -0.195. The minimum Gasteiger partial charge on any atom is -0.506 e. The van der Waals surface area contributed by atoms with E-state index in [-0.39, 0.29) is 17.1 Å². The van der Waals surface area contributed by atoms with E-state index in [1.165, 1.54) is 19.0 Å². The molecule has 0 atom stereocenters. The fraction of sp³-hybridized carbons (Fsp3) is 0.222. The number of nitro groups is 1. The smallest absolute Gasteiger partial charge is 0.321 e. The molecule has 0 aliphatic heterocycles. The van der Waals surface area contributed by atoms with Crippen molar-refractivity contribution in [3.05, 3.63) is 28.3 Å². The zero-order valence-corrected chi connectivity index (χ0v) is 8.80. The molecule has 16 heavy (non-hydrogen) atoms. The number of carbonyl (C=O) groups is 1. The summed E-state index contributed by atoms with van der Waals surface area (Å²) < 4.78 is 0. The second-order valence-electron chi connectivity index (χ2n) is 3.28. The number of aromatic hydroxyl groups is 1. The maximum Gasteiger partial charge on any atom is 0.321 e. The number of urea groups is 1. The van der Waals surface area contributed by atoms with Crippen molar-refractivity contribution in [2.45, 2.75) is 0 Å². The predicted molar refractivity (Wildman–Crippen MR) is 57.5 cm³/mol. The van der Waals surface area contributed by atoms with Gasteiger partial charge in [0.05, 0.1) is 10.6 Å². The molecule has 0 fully saturated rings. The van der Waals surface area contributed by atoms with E-state index < -0.39 is 11.0 Å². The Hall–Kier alpha value is -2.31. The van der Waals surface area contributed by atoms with Crippen molar-refractivity contribution in [3.63, 3.8) is 0 Å². The average molecular weight is 225 g/mol. The zero-order valence-electron chi connectivity index (χ0n) is 8.80. The summed E-state index contributed by atoms with van der Waals surface area (Å²) in [5.74, 6) is -0.221. The summed E-state index contributed by atoms with van der Waals surface area (Å²) in [6.45, 7) is 0. The first-order valence-corrected chi connectivity index (χ1v) is 4.37. The highest BCUT2D eigenvalue weighted by Gasteiger charge is 2.13. The number of nitrogens with zero attached hydrogens (tertiary/aromatic N) is 2. The summed E-state index contributed by atoms with van der Waals surface area (Å²) >= 11 is 0. The van der Waals surface area contributed by atoms with Gasteiger partial charge in [0.2, 0.25) is 0 Å².